The van der Waals surface area contributed by atoms with Crippen molar-refractivity contribution in [2.75, 3.05) is 0 Å². The lowest BCUT2D eigenvalue weighted by molar-refractivity contribution is -0.134. The third-order valence-corrected chi connectivity index (χ3v) is 2.59. The average Bonchev–Trinajstić information content (AvgIpc) is 2.00. The van der Waals surface area contributed by atoms with E-state index in [1.165, 1.54) is 0 Å². The molecule has 2 amide bonds. The summed E-state index contributed by atoms with van der Waals surface area (Å²) < 4.78 is 0. The van der Waals surface area contributed by atoms with E-state index in [2.05, 4.69) is 5.32 Å². The summed E-state index contributed by atoms with van der Waals surface area (Å²) in [5.74, 6) is -0.422. The molecule has 94 valence electrons. The van der Waals surface area contributed by atoms with Gasteiger partial charge in [0.15, 0.2) is 0 Å². The molecule has 0 aliphatic rings. The van der Waals surface area contributed by atoms with Gasteiger partial charge in [0, 0.05) is 16.9 Å². The summed E-state index contributed by atoms with van der Waals surface area (Å²) in [6, 6.07) is 0.100. The number of amides is 2. The number of rotatable bonds is 5. The first-order valence-electron chi connectivity index (χ1n) is 5.60. The molecule has 0 bridgehead atoms. The van der Waals surface area contributed by atoms with Crippen molar-refractivity contribution in [2.45, 2.75) is 54.0 Å². The highest BCUT2D eigenvalue weighted by Crippen LogP contribution is 2.33. The van der Waals surface area contributed by atoms with Crippen LogP contribution in [0.4, 0.5) is 0 Å². The Hall–Kier alpha value is -1.06. The number of hydrogen-bond acceptors (Lipinski definition) is 2. The van der Waals surface area contributed by atoms with Crippen molar-refractivity contribution in [1.82, 2.24) is 5.32 Å². The zero-order valence-corrected chi connectivity index (χ0v) is 11.2. The Balaban J connectivity index is 4.68. The van der Waals surface area contributed by atoms with Crippen LogP contribution in [-0.4, -0.2) is 17.9 Å². The van der Waals surface area contributed by atoms with Crippen molar-refractivity contribution in [3.63, 3.8) is 0 Å². The largest absolute Gasteiger partial charge is 0.369 e. The number of hydrogen-bond donors (Lipinski definition) is 2. The lowest BCUT2D eigenvalue weighted by Crippen LogP contribution is -2.45. The summed E-state index contributed by atoms with van der Waals surface area (Å²) in [6.45, 7) is 11.0. The fourth-order valence-corrected chi connectivity index (χ4v) is 1.73. The molecular formula is C12H24N2O2. The highest BCUT2D eigenvalue weighted by atomic mass is 16.2. The zero-order valence-electron chi connectivity index (χ0n) is 11.2. The van der Waals surface area contributed by atoms with Gasteiger partial charge in [-0.15, -0.1) is 0 Å². The van der Waals surface area contributed by atoms with Gasteiger partial charge in [-0.1, -0.05) is 27.7 Å². The summed E-state index contributed by atoms with van der Waals surface area (Å²) in [5.41, 5.74) is 4.04. The third-order valence-electron chi connectivity index (χ3n) is 2.59. The molecule has 0 heterocycles. The maximum absolute atomic E-state index is 11.9. The van der Waals surface area contributed by atoms with Crippen LogP contribution in [0.2, 0.25) is 0 Å². The molecule has 0 aliphatic carbocycles. The minimum Gasteiger partial charge on any atom is -0.369 e. The molecule has 16 heavy (non-hydrogen) atoms. The molecule has 0 saturated carbocycles. The molecule has 0 fully saturated rings. The second kappa shape index (κ2) is 4.85. The molecule has 4 nitrogen and oxygen atoms in total. The predicted molar refractivity (Wildman–Crippen MR) is 64.7 cm³/mol. The lowest BCUT2D eigenvalue weighted by Gasteiger charge is -2.32. The molecule has 0 saturated heterocycles. The van der Waals surface area contributed by atoms with Crippen LogP contribution >= 0.6 is 0 Å². The Labute approximate surface area is 98.0 Å². The third kappa shape index (κ3) is 4.21. The molecule has 0 aromatic carbocycles. The first-order chi connectivity index (χ1) is 6.99. The van der Waals surface area contributed by atoms with E-state index < -0.39 is 10.8 Å². The fraction of sp³-hybridized carbons (Fsp3) is 0.833. The van der Waals surface area contributed by atoms with E-state index in [9.17, 15) is 9.59 Å². The van der Waals surface area contributed by atoms with Gasteiger partial charge in [0.05, 0.1) is 0 Å². The second-order valence-electron chi connectivity index (χ2n) is 5.94. The van der Waals surface area contributed by atoms with Gasteiger partial charge in [0.2, 0.25) is 11.8 Å². The maximum Gasteiger partial charge on any atom is 0.225 e. The Bertz CT molecular complexity index is 281. The van der Waals surface area contributed by atoms with E-state index >= 15 is 0 Å². The zero-order chi connectivity index (χ0) is 13.1. The molecule has 0 rings (SSSR count). The van der Waals surface area contributed by atoms with Crippen LogP contribution in [0.3, 0.4) is 0 Å². The molecule has 0 aromatic heterocycles. The Kier molecular flexibility index (Phi) is 4.53. The van der Waals surface area contributed by atoms with Gasteiger partial charge < -0.3 is 11.1 Å². The van der Waals surface area contributed by atoms with Crippen LogP contribution in [0.1, 0.15) is 48.0 Å². The van der Waals surface area contributed by atoms with Crippen molar-refractivity contribution < 1.29 is 9.59 Å². The van der Waals surface area contributed by atoms with Gasteiger partial charge in [-0.2, -0.15) is 0 Å². The smallest absolute Gasteiger partial charge is 0.225 e. The van der Waals surface area contributed by atoms with E-state index in [1.807, 2.05) is 27.7 Å². The first-order valence-corrected chi connectivity index (χ1v) is 5.60. The first kappa shape index (κ1) is 14.9. The van der Waals surface area contributed by atoms with Gasteiger partial charge in [0.1, 0.15) is 0 Å². The van der Waals surface area contributed by atoms with Crippen molar-refractivity contribution >= 4 is 11.8 Å². The average molecular weight is 228 g/mol. The normalized spacial score (nSPS) is 12.7. The quantitative estimate of drug-likeness (QED) is 0.747. The van der Waals surface area contributed by atoms with Crippen LogP contribution in [0.15, 0.2) is 0 Å². The van der Waals surface area contributed by atoms with Crippen molar-refractivity contribution in [3.05, 3.63) is 0 Å². The minimum atomic E-state index is -0.669. The Morgan fingerprint density at radius 3 is 1.88 bits per heavy atom. The number of carbonyl (C=O) groups excluding carboxylic acids is 2. The van der Waals surface area contributed by atoms with Crippen LogP contribution in [0.25, 0.3) is 0 Å². The van der Waals surface area contributed by atoms with Crippen LogP contribution in [0, 0.1) is 10.8 Å². The van der Waals surface area contributed by atoms with Crippen LogP contribution in [-0.2, 0) is 9.59 Å². The summed E-state index contributed by atoms with van der Waals surface area (Å²) in [5, 5.41) is 2.85. The summed E-state index contributed by atoms with van der Waals surface area (Å²) in [4.78, 5) is 23.1. The van der Waals surface area contributed by atoms with Crippen LogP contribution < -0.4 is 11.1 Å². The SMILES string of the molecule is CC(C)NC(=O)C(C)(C)CC(C)(C)C(N)=O. The maximum atomic E-state index is 11.9. The summed E-state index contributed by atoms with van der Waals surface area (Å²) in [6.07, 6.45) is 0.438. The standard InChI is InChI=1S/C12H24N2O2/c1-8(2)14-10(16)12(5,6)7-11(3,4)9(13)15/h8H,7H2,1-6H3,(H2,13,15)(H,14,16). The molecule has 4 heteroatoms. The highest BCUT2D eigenvalue weighted by Gasteiger charge is 2.37. The molecule has 0 atom stereocenters. The molecule has 0 unspecified atom stereocenters. The molecule has 0 radical (unpaired) electrons. The van der Waals surface area contributed by atoms with E-state index in [1.54, 1.807) is 13.8 Å². The number of primary amides is 1. The fourth-order valence-electron chi connectivity index (χ4n) is 1.73. The predicted octanol–water partition coefficient (Wildman–Crippen LogP) is 1.44. The lowest BCUT2D eigenvalue weighted by atomic mass is 9.74. The van der Waals surface area contributed by atoms with Gasteiger partial charge in [-0.3, -0.25) is 9.59 Å². The molecule has 0 aromatic rings. The number of nitrogens with one attached hydrogen (secondary N) is 1. The van der Waals surface area contributed by atoms with Gasteiger partial charge in [-0.25, -0.2) is 0 Å². The second-order valence-corrected chi connectivity index (χ2v) is 5.94. The van der Waals surface area contributed by atoms with Gasteiger partial charge in [0.25, 0.3) is 0 Å². The van der Waals surface area contributed by atoms with Gasteiger partial charge in [-0.05, 0) is 20.3 Å². The van der Waals surface area contributed by atoms with E-state index in [0.717, 1.165) is 0 Å². The number of carbonyl (C=O) groups is 2. The van der Waals surface area contributed by atoms with Gasteiger partial charge >= 0.3 is 0 Å². The van der Waals surface area contributed by atoms with Crippen molar-refractivity contribution in [3.8, 4) is 0 Å². The highest BCUT2D eigenvalue weighted by molar-refractivity contribution is 5.85. The summed E-state index contributed by atoms with van der Waals surface area (Å²) >= 11 is 0. The van der Waals surface area contributed by atoms with Crippen molar-refractivity contribution in [2.24, 2.45) is 16.6 Å². The Morgan fingerprint density at radius 2 is 1.56 bits per heavy atom. The molecule has 0 aliphatic heterocycles. The van der Waals surface area contributed by atoms with E-state index in [4.69, 9.17) is 5.73 Å². The number of nitrogens with two attached hydrogens (primary N) is 1. The Morgan fingerprint density at radius 1 is 1.12 bits per heavy atom. The molecule has 0 spiro atoms. The summed E-state index contributed by atoms with van der Waals surface area (Å²) in [7, 11) is 0. The van der Waals surface area contributed by atoms with E-state index in [0.29, 0.717) is 6.42 Å². The van der Waals surface area contributed by atoms with Crippen LogP contribution in [0.5, 0.6) is 0 Å². The van der Waals surface area contributed by atoms with E-state index in [-0.39, 0.29) is 17.9 Å². The molecule has 3 N–H and O–H groups in total. The van der Waals surface area contributed by atoms with Crippen molar-refractivity contribution in [1.29, 1.82) is 0 Å². The monoisotopic (exact) mass is 228 g/mol. The minimum absolute atomic E-state index is 0.0446. The molecular weight excluding hydrogens is 204 g/mol. The topological polar surface area (TPSA) is 72.2 Å².